The standard InChI is InChI=1S/C4H3F5O3.C3H2F6O.C3H5F3.CO2/c1-11-2(10)3(5,6)4(7,8)12-9;4-2(5,6)1-3(7,8)10-9;1-2-3(4,5)6;2-1-3/h1H3;1H2;2H2,1H3;. The van der Waals surface area contributed by atoms with Crippen LogP contribution in [0.5, 0.6) is 0 Å². The fourth-order valence-electron chi connectivity index (χ4n) is 0.556. The van der Waals surface area contributed by atoms with Crippen LogP contribution in [0.4, 0.5) is 61.7 Å². The zero-order valence-corrected chi connectivity index (χ0v) is 14.7. The van der Waals surface area contributed by atoms with Gasteiger partial charge >= 0.3 is 42.6 Å². The van der Waals surface area contributed by atoms with E-state index in [1.165, 1.54) is 0 Å². The largest absolute Gasteiger partial charge is 0.464 e. The number of ether oxygens (including phenoxy) is 1. The molecule has 0 rings (SSSR count). The van der Waals surface area contributed by atoms with Gasteiger partial charge in [0.25, 0.3) is 0 Å². The van der Waals surface area contributed by atoms with Gasteiger partial charge in [-0.05, 0) is 9.05 Å². The van der Waals surface area contributed by atoms with Crippen molar-refractivity contribution in [2.45, 2.75) is 50.3 Å². The SMILES string of the molecule is CCC(F)(F)F.COC(=O)C(F)(F)C(F)(F)OF.FOC(F)(F)CC(F)(F)F.O=C=O. The Labute approximate surface area is 161 Å². The highest BCUT2D eigenvalue weighted by molar-refractivity contribution is 5.78. The van der Waals surface area contributed by atoms with Crippen LogP contribution in [0.25, 0.3) is 0 Å². The Morgan fingerprint density at radius 2 is 1.10 bits per heavy atom. The average Bonchev–Trinajstić information content (AvgIpc) is 2.60. The van der Waals surface area contributed by atoms with Crippen molar-refractivity contribution in [3.8, 4) is 0 Å². The van der Waals surface area contributed by atoms with E-state index in [-0.39, 0.29) is 6.15 Å². The van der Waals surface area contributed by atoms with Crippen molar-refractivity contribution in [2.24, 2.45) is 0 Å². The van der Waals surface area contributed by atoms with Gasteiger partial charge in [0.2, 0.25) is 0 Å². The zero-order chi connectivity index (χ0) is 26.3. The highest BCUT2D eigenvalue weighted by atomic mass is 19.4. The molecule has 0 aromatic rings. The van der Waals surface area contributed by atoms with E-state index in [2.05, 4.69) is 4.74 Å². The van der Waals surface area contributed by atoms with Crippen molar-refractivity contribution >= 4 is 12.1 Å². The highest BCUT2D eigenvalue weighted by Gasteiger charge is 2.66. The van der Waals surface area contributed by atoms with E-state index < -0.39 is 49.3 Å². The van der Waals surface area contributed by atoms with E-state index in [1.54, 1.807) is 9.88 Å². The van der Waals surface area contributed by atoms with Crippen LogP contribution in [-0.4, -0.2) is 49.7 Å². The molecule has 20 heteroatoms. The van der Waals surface area contributed by atoms with Crippen molar-refractivity contribution in [3.63, 3.8) is 0 Å². The first-order valence-corrected chi connectivity index (χ1v) is 6.48. The first kappa shape index (κ1) is 36.2. The molecular formula is C11H10F14O6. The van der Waals surface area contributed by atoms with Crippen molar-refractivity contribution < 1.29 is 90.7 Å². The molecule has 0 aromatic carbocycles. The van der Waals surface area contributed by atoms with Gasteiger partial charge in [-0.15, -0.1) is 9.88 Å². The summed E-state index contributed by atoms with van der Waals surface area (Å²) >= 11 is 0. The number of halogens is 14. The molecule has 0 saturated heterocycles. The van der Waals surface area contributed by atoms with Crippen LogP contribution in [0.15, 0.2) is 0 Å². The quantitative estimate of drug-likeness (QED) is 0.383. The van der Waals surface area contributed by atoms with Gasteiger partial charge < -0.3 is 4.74 Å². The summed E-state index contributed by atoms with van der Waals surface area (Å²) < 4.78 is 160. The van der Waals surface area contributed by atoms with Gasteiger partial charge in [0, 0.05) is 6.42 Å². The van der Waals surface area contributed by atoms with Crippen molar-refractivity contribution in [1.82, 2.24) is 0 Å². The van der Waals surface area contributed by atoms with Crippen molar-refractivity contribution in [3.05, 3.63) is 0 Å². The molecule has 0 amide bonds. The molecule has 0 fully saturated rings. The lowest BCUT2D eigenvalue weighted by molar-refractivity contribution is -0.415. The molecule has 0 atom stereocenters. The van der Waals surface area contributed by atoms with Crippen LogP contribution in [0.2, 0.25) is 0 Å². The summed E-state index contributed by atoms with van der Waals surface area (Å²) in [6.45, 7) is 1.08. The smallest absolute Gasteiger partial charge is 0.461 e. The van der Waals surface area contributed by atoms with Gasteiger partial charge in [-0.2, -0.15) is 62.3 Å². The number of hydrogen-bond acceptors (Lipinski definition) is 6. The molecule has 0 spiro atoms. The van der Waals surface area contributed by atoms with E-state index in [4.69, 9.17) is 9.59 Å². The van der Waals surface area contributed by atoms with Gasteiger partial charge in [-0.1, -0.05) is 6.92 Å². The Morgan fingerprint density at radius 3 is 1.23 bits per heavy atom. The molecule has 0 heterocycles. The number of carbonyl (C=O) groups excluding carboxylic acids is 3. The molecule has 0 saturated carbocycles. The van der Waals surface area contributed by atoms with Gasteiger partial charge in [0.15, 0.2) is 0 Å². The number of alkyl halides is 12. The monoisotopic (exact) mass is 504 g/mol. The summed E-state index contributed by atoms with van der Waals surface area (Å²) in [5.41, 5.74) is 0. The molecule has 0 bridgehead atoms. The predicted octanol–water partition coefficient (Wildman–Crippen LogP) is 5.10. The van der Waals surface area contributed by atoms with Crippen molar-refractivity contribution in [1.29, 1.82) is 0 Å². The van der Waals surface area contributed by atoms with Gasteiger partial charge in [-0.3, -0.25) is 0 Å². The maximum atomic E-state index is 12.0. The summed E-state index contributed by atoms with van der Waals surface area (Å²) in [5.74, 6) is -7.92. The number of carbonyl (C=O) groups is 1. The number of esters is 1. The highest BCUT2D eigenvalue weighted by Crippen LogP contribution is 2.36. The van der Waals surface area contributed by atoms with Crippen LogP contribution in [0.3, 0.4) is 0 Å². The molecule has 0 aliphatic heterocycles. The average molecular weight is 504 g/mol. The number of hydrogen-bond donors (Lipinski definition) is 0. The Hall–Kier alpha value is -2.21. The molecule has 31 heavy (non-hydrogen) atoms. The molecule has 0 aromatic heterocycles. The maximum absolute atomic E-state index is 12.0. The van der Waals surface area contributed by atoms with E-state index in [0.29, 0.717) is 7.11 Å². The lowest BCUT2D eigenvalue weighted by atomic mass is 10.3. The molecule has 188 valence electrons. The summed E-state index contributed by atoms with van der Waals surface area (Å²) in [5, 5.41) is 0. The van der Waals surface area contributed by atoms with Crippen LogP contribution in [-0.2, 0) is 29.0 Å². The van der Waals surface area contributed by atoms with E-state index >= 15 is 0 Å². The summed E-state index contributed by atoms with van der Waals surface area (Å²) in [6, 6.07) is 0. The summed E-state index contributed by atoms with van der Waals surface area (Å²) in [6.07, 6.45) is -22.5. The minimum Gasteiger partial charge on any atom is -0.464 e. The van der Waals surface area contributed by atoms with Crippen LogP contribution in [0.1, 0.15) is 19.8 Å². The predicted molar refractivity (Wildman–Crippen MR) is 63.3 cm³/mol. The topological polar surface area (TPSA) is 78.9 Å². The molecule has 0 radical (unpaired) electrons. The number of methoxy groups -OCH3 is 1. The molecule has 0 aliphatic rings. The minimum atomic E-state index is -5.51. The third-order valence-corrected chi connectivity index (χ3v) is 1.82. The second kappa shape index (κ2) is 14.7. The Bertz CT molecular complexity index is 524. The molecule has 0 aliphatic carbocycles. The third-order valence-electron chi connectivity index (χ3n) is 1.82. The molecule has 0 N–H and O–H groups in total. The molecule has 0 unspecified atom stereocenters. The van der Waals surface area contributed by atoms with Gasteiger partial charge in [-0.25, -0.2) is 4.79 Å². The molecular weight excluding hydrogens is 494 g/mol. The second-order valence-electron chi connectivity index (χ2n) is 4.22. The third kappa shape index (κ3) is 20.8. The first-order valence-electron chi connectivity index (χ1n) is 6.48. The number of rotatable bonds is 5. The Kier molecular flexibility index (Phi) is 17.2. The van der Waals surface area contributed by atoms with Crippen molar-refractivity contribution in [2.75, 3.05) is 7.11 Å². The fourth-order valence-corrected chi connectivity index (χ4v) is 0.556. The summed E-state index contributed by atoms with van der Waals surface area (Å²) in [4.78, 5) is 29.6. The lowest BCUT2D eigenvalue weighted by Gasteiger charge is -2.18. The van der Waals surface area contributed by atoms with Crippen LogP contribution in [0, 0.1) is 0 Å². The van der Waals surface area contributed by atoms with Gasteiger partial charge in [0.1, 0.15) is 6.42 Å². The van der Waals surface area contributed by atoms with E-state index in [9.17, 15) is 66.5 Å². The zero-order valence-electron chi connectivity index (χ0n) is 14.7. The van der Waals surface area contributed by atoms with Crippen LogP contribution < -0.4 is 0 Å². The van der Waals surface area contributed by atoms with E-state index in [0.717, 1.165) is 6.92 Å². The minimum absolute atomic E-state index is 0.250. The second-order valence-corrected chi connectivity index (χ2v) is 4.22. The fraction of sp³-hybridized carbons (Fsp3) is 0.818. The Morgan fingerprint density at radius 1 is 0.774 bits per heavy atom. The van der Waals surface area contributed by atoms with Gasteiger partial charge in [0.05, 0.1) is 7.11 Å². The molecule has 6 nitrogen and oxygen atoms in total. The first-order chi connectivity index (χ1) is 13.5. The normalized spacial score (nSPS) is 12.0. The maximum Gasteiger partial charge on any atom is 0.461 e. The summed E-state index contributed by atoms with van der Waals surface area (Å²) in [7, 11) is 0.449. The van der Waals surface area contributed by atoms with Crippen LogP contribution >= 0.6 is 0 Å². The van der Waals surface area contributed by atoms with E-state index in [1.807, 2.05) is 0 Å². The Balaban J connectivity index is -0.000000173. The lowest BCUT2D eigenvalue weighted by Crippen LogP contribution is -2.48.